The Morgan fingerprint density at radius 1 is 1.12 bits per heavy atom. The Balaban J connectivity index is 1.31. The summed E-state index contributed by atoms with van der Waals surface area (Å²) < 4.78 is 7.15. The van der Waals surface area contributed by atoms with Crippen molar-refractivity contribution < 1.29 is 9.53 Å². The highest BCUT2D eigenvalue weighted by Gasteiger charge is 2.11. The Kier molecular flexibility index (Phi) is 4.90. The Bertz CT molecular complexity index is 974. The number of esters is 1. The van der Waals surface area contributed by atoms with Crippen molar-refractivity contribution in [1.82, 2.24) is 14.8 Å². The maximum atomic E-state index is 12.1. The number of aromatic nitrogens is 3. The predicted molar refractivity (Wildman–Crippen MR) is 102 cm³/mol. The number of hydrogen-bond donors (Lipinski definition) is 0. The maximum Gasteiger partial charge on any atom is 0.312 e. The molecular formula is C19H15N3O2S2. The van der Waals surface area contributed by atoms with E-state index in [0.29, 0.717) is 0 Å². The molecule has 26 heavy (non-hydrogen) atoms. The zero-order chi connectivity index (χ0) is 17.8. The fourth-order valence-electron chi connectivity index (χ4n) is 2.43. The minimum absolute atomic E-state index is 0.188. The average Bonchev–Trinajstić information content (AvgIpc) is 3.41. The summed E-state index contributed by atoms with van der Waals surface area (Å²) in [5, 5.41) is 9.05. The smallest absolute Gasteiger partial charge is 0.312 e. The third kappa shape index (κ3) is 3.89. The molecule has 0 amide bonds. The van der Waals surface area contributed by atoms with Crippen molar-refractivity contribution in [2.24, 2.45) is 0 Å². The fourth-order valence-corrected chi connectivity index (χ4v) is 4.06. The van der Waals surface area contributed by atoms with E-state index >= 15 is 0 Å². The summed E-state index contributed by atoms with van der Waals surface area (Å²) in [5.41, 5.74) is 2.65. The van der Waals surface area contributed by atoms with Gasteiger partial charge in [0.1, 0.15) is 11.6 Å². The van der Waals surface area contributed by atoms with Gasteiger partial charge in [0.25, 0.3) is 0 Å². The van der Waals surface area contributed by atoms with Gasteiger partial charge in [-0.15, -0.1) is 22.7 Å². The molecular weight excluding hydrogens is 366 g/mol. The molecule has 0 fully saturated rings. The number of hydrogen-bond acceptors (Lipinski definition) is 6. The lowest BCUT2D eigenvalue weighted by atomic mass is 10.2. The van der Waals surface area contributed by atoms with E-state index in [1.54, 1.807) is 33.6 Å². The van der Waals surface area contributed by atoms with Crippen LogP contribution in [0, 0.1) is 0 Å². The quantitative estimate of drug-likeness (QED) is 0.466. The van der Waals surface area contributed by atoms with E-state index in [-0.39, 0.29) is 19.0 Å². The lowest BCUT2D eigenvalue weighted by Gasteiger charge is -2.06. The largest absolute Gasteiger partial charge is 0.461 e. The van der Waals surface area contributed by atoms with Gasteiger partial charge in [-0.05, 0) is 35.2 Å². The first-order valence-electron chi connectivity index (χ1n) is 8.01. The van der Waals surface area contributed by atoms with Crippen LogP contribution in [0.5, 0.6) is 0 Å². The molecule has 0 atom stereocenters. The third-order valence-electron chi connectivity index (χ3n) is 3.71. The number of nitrogens with zero attached hydrogens (tertiary/aromatic N) is 3. The van der Waals surface area contributed by atoms with Crippen molar-refractivity contribution in [2.75, 3.05) is 0 Å². The minimum atomic E-state index is -0.274. The van der Waals surface area contributed by atoms with Crippen LogP contribution in [-0.2, 0) is 22.6 Å². The zero-order valence-corrected chi connectivity index (χ0v) is 15.4. The van der Waals surface area contributed by atoms with Crippen molar-refractivity contribution in [3.8, 4) is 15.6 Å². The summed E-state index contributed by atoms with van der Waals surface area (Å²) in [4.78, 5) is 17.7. The van der Waals surface area contributed by atoms with E-state index in [0.717, 1.165) is 26.8 Å². The summed E-state index contributed by atoms with van der Waals surface area (Å²) in [6, 6.07) is 13.7. The van der Waals surface area contributed by atoms with Gasteiger partial charge in [-0.25, -0.2) is 9.67 Å². The van der Waals surface area contributed by atoms with Crippen LogP contribution in [0.1, 0.15) is 11.3 Å². The second kappa shape index (κ2) is 7.63. The molecule has 0 aliphatic heterocycles. The topological polar surface area (TPSA) is 57.0 Å². The number of rotatable bonds is 6. The average molecular weight is 381 g/mol. The molecule has 4 aromatic rings. The fraction of sp³-hybridized carbons (Fsp3) is 0.105. The Morgan fingerprint density at radius 3 is 2.73 bits per heavy atom. The minimum Gasteiger partial charge on any atom is -0.461 e. The molecule has 0 radical (unpaired) electrons. The van der Waals surface area contributed by atoms with E-state index in [9.17, 15) is 4.79 Å². The van der Waals surface area contributed by atoms with Crippen LogP contribution in [0.25, 0.3) is 15.6 Å². The number of carbonyl (C=O) groups is 1. The van der Waals surface area contributed by atoms with Crippen LogP contribution < -0.4 is 0 Å². The highest BCUT2D eigenvalue weighted by Crippen LogP contribution is 2.27. The lowest BCUT2D eigenvalue weighted by Crippen LogP contribution is -2.08. The predicted octanol–water partition coefficient (Wildman–Crippen LogP) is 4.34. The van der Waals surface area contributed by atoms with Crippen LogP contribution in [-0.4, -0.2) is 20.7 Å². The molecule has 0 unspecified atom stereocenters. The van der Waals surface area contributed by atoms with E-state index < -0.39 is 0 Å². The molecule has 3 heterocycles. The summed E-state index contributed by atoms with van der Waals surface area (Å²) in [6.07, 6.45) is 3.80. The molecule has 0 aliphatic rings. The Hall–Kier alpha value is -2.77. The summed E-state index contributed by atoms with van der Waals surface area (Å²) >= 11 is 3.19. The van der Waals surface area contributed by atoms with Crippen LogP contribution >= 0.6 is 22.7 Å². The van der Waals surface area contributed by atoms with Gasteiger partial charge in [0.2, 0.25) is 0 Å². The first-order chi connectivity index (χ1) is 12.8. The molecule has 0 aliphatic carbocycles. The van der Waals surface area contributed by atoms with Crippen molar-refractivity contribution in [3.05, 3.63) is 76.9 Å². The van der Waals surface area contributed by atoms with Crippen LogP contribution in [0.4, 0.5) is 0 Å². The number of thiazole rings is 1. The van der Waals surface area contributed by atoms with Crippen LogP contribution in [0.2, 0.25) is 0 Å². The van der Waals surface area contributed by atoms with Crippen LogP contribution in [0.15, 0.2) is 65.6 Å². The van der Waals surface area contributed by atoms with Gasteiger partial charge in [-0.1, -0.05) is 18.2 Å². The molecule has 130 valence electrons. The van der Waals surface area contributed by atoms with E-state index in [1.807, 2.05) is 59.4 Å². The second-order valence-electron chi connectivity index (χ2n) is 5.58. The molecule has 1 aromatic carbocycles. The lowest BCUT2D eigenvalue weighted by molar-refractivity contribution is -0.144. The standard InChI is InChI=1S/C19H15N3O2S2/c23-18(11-15-13-26-19(21-15)17-3-1-10-25-17)24-12-14-4-6-16(7-5-14)22-9-2-8-20-22/h1-10,13H,11-12H2. The Labute approximate surface area is 158 Å². The molecule has 0 spiro atoms. The SMILES string of the molecule is O=C(Cc1csc(-c2cccs2)n1)OCc1ccc(-n2cccn2)cc1. The third-order valence-corrected chi connectivity index (χ3v) is 5.64. The van der Waals surface area contributed by atoms with E-state index in [2.05, 4.69) is 10.1 Å². The zero-order valence-electron chi connectivity index (χ0n) is 13.7. The van der Waals surface area contributed by atoms with Gasteiger partial charge >= 0.3 is 5.97 Å². The molecule has 7 heteroatoms. The molecule has 5 nitrogen and oxygen atoms in total. The van der Waals surface area contributed by atoms with Gasteiger partial charge in [-0.2, -0.15) is 5.10 Å². The second-order valence-corrected chi connectivity index (χ2v) is 7.38. The summed E-state index contributed by atoms with van der Waals surface area (Å²) in [5.74, 6) is -0.274. The molecule has 0 saturated carbocycles. The molecule has 3 aromatic heterocycles. The maximum absolute atomic E-state index is 12.1. The van der Waals surface area contributed by atoms with Crippen molar-refractivity contribution in [3.63, 3.8) is 0 Å². The van der Waals surface area contributed by atoms with E-state index in [4.69, 9.17) is 4.74 Å². The van der Waals surface area contributed by atoms with Gasteiger partial charge in [0.05, 0.1) is 22.7 Å². The number of benzene rings is 1. The van der Waals surface area contributed by atoms with Gasteiger partial charge in [0.15, 0.2) is 0 Å². The first-order valence-corrected chi connectivity index (χ1v) is 9.77. The van der Waals surface area contributed by atoms with Crippen molar-refractivity contribution in [1.29, 1.82) is 0 Å². The normalized spacial score (nSPS) is 10.8. The molecule has 0 bridgehead atoms. The van der Waals surface area contributed by atoms with Crippen molar-refractivity contribution >= 4 is 28.6 Å². The summed E-state index contributed by atoms with van der Waals surface area (Å²) in [6.45, 7) is 0.250. The van der Waals surface area contributed by atoms with Gasteiger partial charge < -0.3 is 4.74 Å². The Morgan fingerprint density at radius 2 is 2.00 bits per heavy atom. The van der Waals surface area contributed by atoms with Gasteiger partial charge in [0, 0.05) is 17.8 Å². The molecule has 0 saturated heterocycles. The number of ether oxygens (including phenoxy) is 1. The molecule has 4 rings (SSSR count). The highest BCUT2D eigenvalue weighted by atomic mass is 32.1. The monoisotopic (exact) mass is 381 g/mol. The highest BCUT2D eigenvalue weighted by molar-refractivity contribution is 7.20. The van der Waals surface area contributed by atoms with E-state index in [1.165, 1.54) is 0 Å². The number of thiophene rings is 1. The van der Waals surface area contributed by atoms with Crippen molar-refractivity contribution in [2.45, 2.75) is 13.0 Å². The first kappa shape index (κ1) is 16.7. The molecule has 0 N–H and O–H groups in total. The van der Waals surface area contributed by atoms with Crippen LogP contribution in [0.3, 0.4) is 0 Å². The summed E-state index contributed by atoms with van der Waals surface area (Å²) in [7, 11) is 0. The number of carbonyl (C=O) groups excluding carboxylic acids is 1. The van der Waals surface area contributed by atoms with Gasteiger partial charge in [-0.3, -0.25) is 4.79 Å².